The maximum atomic E-state index is 11.0. The average molecular weight is 431 g/mol. The monoisotopic (exact) mass is 430 g/mol. The Kier molecular flexibility index (Phi) is 6.35. The SMILES string of the molecule is CC(=O)N[C@@H](C)COC1CC(COc2ccc3nc(OC4CC(C#N)C4)sc3n2)C1. The molecule has 0 radical (unpaired) electrons. The van der Waals surface area contributed by atoms with Crippen LogP contribution in [0.4, 0.5) is 0 Å². The number of nitrogens with zero attached hydrogens (tertiary/aromatic N) is 3. The number of hydrogen-bond acceptors (Lipinski definition) is 8. The number of nitriles is 1. The van der Waals surface area contributed by atoms with Crippen LogP contribution in [0.3, 0.4) is 0 Å². The van der Waals surface area contributed by atoms with Crippen LogP contribution in [-0.2, 0) is 9.53 Å². The Morgan fingerprint density at radius 1 is 1.30 bits per heavy atom. The molecule has 1 N–H and O–H groups in total. The van der Waals surface area contributed by atoms with Crippen molar-refractivity contribution in [1.29, 1.82) is 5.26 Å². The minimum absolute atomic E-state index is 0.0269. The van der Waals surface area contributed by atoms with Gasteiger partial charge in [0.25, 0.3) is 5.19 Å². The molecule has 2 aliphatic carbocycles. The molecule has 1 atom stereocenters. The second kappa shape index (κ2) is 9.14. The third-order valence-corrected chi connectivity index (χ3v) is 6.30. The number of aromatic nitrogens is 2. The van der Waals surface area contributed by atoms with Crippen LogP contribution in [0.1, 0.15) is 39.5 Å². The molecule has 4 rings (SSSR count). The third kappa shape index (κ3) is 5.18. The smallest absolute Gasteiger partial charge is 0.276 e. The minimum atomic E-state index is -0.0363. The zero-order valence-electron chi connectivity index (χ0n) is 17.2. The van der Waals surface area contributed by atoms with E-state index in [1.165, 1.54) is 18.3 Å². The van der Waals surface area contributed by atoms with E-state index in [2.05, 4.69) is 21.4 Å². The molecule has 2 aromatic rings. The van der Waals surface area contributed by atoms with E-state index in [0.717, 1.165) is 36.0 Å². The van der Waals surface area contributed by atoms with Gasteiger partial charge in [0.05, 0.1) is 31.3 Å². The van der Waals surface area contributed by atoms with E-state index < -0.39 is 0 Å². The highest BCUT2D eigenvalue weighted by atomic mass is 32.1. The highest BCUT2D eigenvalue weighted by Gasteiger charge is 2.32. The molecule has 0 unspecified atom stereocenters. The normalized spacial score (nSPS) is 26.2. The Bertz CT molecular complexity index is 931. The van der Waals surface area contributed by atoms with Gasteiger partial charge in [-0.15, -0.1) is 0 Å². The molecule has 1 amide bonds. The van der Waals surface area contributed by atoms with Crippen LogP contribution < -0.4 is 14.8 Å². The summed E-state index contributed by atoms with van der Waals surface area (Å²) in [5.41, 5.74) is 0.795. The fraction of sp³-hybridized carbons (Fsp3) is 0.619. The summed E-state index contributed by atoms with van der Waals surface area (Å²) in [6.45, 7) is 4.59. The Morgan fingerprint density at radius 3 is 2.83 bits per heavy atom. The van der Waals surface area contributed by atoms with Gasteiger partial charge >= 0.3 is 0 Å². The van der Waals surface area contributed by atoms with Crippen LogP contribution >= 0.6 is 11.3 Å². The quantitative estimate of drug-likeness (QED) is 0.651. The van der Waals surface area contributed by atoms with Crippen molar-refractivity contribution in [3.63, 3.8) is 0 Å². The second-order valence-corrected chi connectivity index (χ2v) is 9.14. The molecule has 160 valence electrons. The molecule has 0 spiro atoms. The largest absolute Gasteiger partial charge is 0.477 e. The highest BCUT2D eigenvalue weighted by Crippen LogP contribution is 2.35. The zero-order valence-corrected chi connectivity index (χ0v) is 18.0. The predicted octanol–water partition coefficient (Wildman–Crippen LogP) is 3.07. The number of fused-ring (bicyclic) bond motifs is 1. The van der Waals surface area contributed by atoms with E-state index >= 15 is 0 Å². The maximum Gasteiger partial charge on any atom is 0.276 e. The van der Waals surface area contributed by atoms with Gasteiger partial charge in [-0.1, -0.05) is 11.3 Å². The third-order valence-electron chi connectivity index (χ3n) is 5.45. The van der Waals surface area contributed by atoms with E-state index in [1.807, 2.05) is 19.1 Å². The van der Waals surface area contributed by atoms with Crippen LogP contribution in [0.5, 0.6) is 11.1 Å². The number of rotatable bonds is 9. The summed E-state index contributed by atoms with van der Waals surface area (Å²) >= 11 is 1.41. The first kappa shape index (κ1) is 20.8. The summed E-state index contributed by atoms with van der Waals surface area (Å²) in [7, 11) is 0. The standard InChI is InChI=1S/C21H26N4O4S/c1-12(23-13(2)26)10-27-16-7-15(8-16)11-28-19-4-3-18-20(25-19)30-21(24-18)29-17-5-14(6-17)9-22/h3-4,12,14-17H,5-8,10-11H2,1-2H3,(H,23,26)/t12-,14?,15?,16?,17?/m0/s1. The second-order valence-electron chi connectivity index (χ2n) is 8.20. The van der Waals surface area contributed by atoms with Gasteiger partial charge in [-0.2, -0.15) is 5.26 Å². The lowest BCUT2D eigenvalue weighted by Crippen LogP contribution is -2.40. The number of carbonyl (C=O) groups excluding carboxylic acids is 1. The first-order chi connectivity index (χ1) is 14.5. The van der Waals surface area contributed by atoms with Crippen molar-refractivity contribution in [3.05, 3.63) is 12.1 Å². The average Bonchev–Trinajstić information content (AvgIpc) is 3.03. The van der Waals surface area contributed by atoms with E-state index in [9.17, 15) is 4.79 Å². The van der Waals surface area contributed by atoms with Crippen molar-refractivity contribution in [2.24, 2.45) is 11.8 Å². The van der Waals surface area contributed by atoms with Crippen molar-refractivity contribution in [3.8, 4) is 17.1 Å². The predicted molar refractivity (Wildman–Crippen MR) is 111 cm³/mol. The number of ether oxygens (including phenoxy) is 3. The van der Waals surface area contributed by atoms with Gasteiger partial charge in [0, 0.05) is 31.9 Å². The van der Waals surface area contributed by atoms with Gasteiger partial charge < -0.3 is 19.5 Å². The first-order valence-corrected chi connectivity index (χ1v) is 11.2. The molecule has 0 saturated heterocycles. The topological polar surface area (TPSA) is 106 Å². The van der Waals surface area contributed by atoms with Gasteiger partial charge in [-0.25, -0.2) is 9.97 Å². The molecule has 2 aromatic heterocycles. The zero-order chi connectivity index (χ0) is 21.1. The summed E-state index contributed by atoms with van der Waals surface area (Å²) < 4.78 is 17.5. The maximum absolute atomic E-state index is 11.0. The van der Waals surface area contributed by atoms with Crippen molar-refractivity contribution in [2.45, 2.75) is 57.8 Å². The molecule has 2 heterocycles. The number of thiazole rings is 1. The van der Waals surface area contributed by atoms with E-state index in [1.54, 1.807) is 0 Å². The number of hydrogen-bond donors (Lipinski definition) is 1. The summed E-state index contributed by atoms with van der Waals surface area (Å²) in [4.78, 5) is 20.8. The van der Waals surface area contributed by atoms with Crippen LogP contribution in [0.15, 0.2) is 12.1 Å². The number of amides is 1. The molecule has 8 nitrogen and oxygen atoms in total. The van der Waals surface area contributed by atoms with E-state index in [-0.39, 0.29) is 30.1 Å². The minimum Gasteiger partial charge on any atom is -0.477 e. The first-order valence-electron chi connectivity index (χ1n) is 10.3. The lowest BCUT2D eigenvalue weighted by molar-refractivity contribution is -0.120. The summed E-state index contributed by atoms with van der Waals surface area (Å²) in [5, 5.41) is 12.3. The van der Waals surface area contributed by atoms with Crippen molar-refractivity contribution in [1.82, 2.24) is 15.3 Å². The summed E-state index contributed by atoms with van der Waals surface area (Å²) in [5.74, 6) is 1.12. The number of carbonyl (C=O) groups is 1. The lowest BCUT2D eigenvalue weighted by Gasteiger charge is -2.35. The molecular formula is C21H26N4O4S. The Morgan fingerprint density at radius 2 is 2.10 bits per heavy atom. The molecule has 9 heteroatoms. The molecule has 2 fully saturated rings. The summed E-state index contributed by atoms with van der Waals surface area (Å²) in [6.07, 6.45) is 3.77. The van der Waals surface area contributed by atoms with Gasteiger partial charge in [0.1, 0.15) is 11.6 Å². The van der Waals surface area contributed by atoms with Gasteiger partial charge in [0.15, 0.2) is 4.83 Å². The lowest BCUT2D eigenvalue weighted by atomic mass is 9.83. The highest BCUT2D eigenvalue weighted by molar-refractivity contribution is 7.19. The van der Waals surface area contributed by atoms with Gasteiger partial charge in [-0.05, 0) is 31.7 Å². The van der Waals surface area contributed by atoms with Crippen molar-refractivity contribution < 1.29 is 19.0 Å². The number of nitrogens with one attached hydrogen (secondary N) is 1. The Labute approximate surface area is 179 Å². The van der Waals surface area contributed by atoms with Crippen LogP contribution in [0.2, 0.25) is 0 Å². The molecule has 30 heavy (non-hydrogen) atoms. The van der Waals surface area contributed by atoms with Crippen molar-refractivity contribution >= 4 is 27.6 Å². The molecule has 0 bridgehead atoms. The van der Waals surface area contributed by atoms with E-state index in [0.29, 0.717) is 30.2 Å². The van der Waals surface area contributed by atoms with Gasteiger partial charge in [0.2, 0.25) is 11.8 Å². The van der Waals surface area contributed by atoms with Crippen molar-refractivity contribution in [2.75, 3.05) is 13.2 Å². The molecule has 2 aliphatic rings. The van der Waals surface area contributed by atoms with E-state index in [4.69, 9.17) is 19.5 Å². The molecule has 0 aliphatic heterocycles. The van der Waals surface area contributed by atoms with Crippen LogP contribution in [0.25, 0.3) is 10.3 Å². The van der Waals surface area contributed by atoms with Gasteiger partial charge in [-0.3, -0.25) is 4.79 Å². The molecular weight excluding hydrogens is 404 g/mol. The Hall–Kier alpha value is -2.44. The van der Waals surface area contributed by atoms with Crippen LogP contribution in [0, 0.1) is 23.2 Å². The summed E-state index contributed by atoms with van der Waals surface area (Å²) in [6, 6.07) is 6.02. The van der Waals surface area contributed by atoms with Crippen LogP contribution in [-0.4, -0.2) is 47.3 Å². The molecule has 0 aromatic carbocycles. The fourth-order valence-electron chi connectivity index (χ4n) is 3.64. The Balaban J connectivity index is 1.19. The number of pyridine rings is 1. The fourth-order valence-corrected chi connectivity index (χ4v) is 4.49. The molecule has 2 saturated carbocycles.